The van der Waals surface area contributed by atoms with Gasteiger partial charge in [0.2, 0.25) is 0 Å². The SMILES string of the molecule is COCC(=O)COS(C)(=O)=O. The second kappa shape index (κ2) is 4.42. The van der Waals surface area contributed by atoms with Crippen molar-refractivity contribution in [3.8, 4) is 0 Å². The van der Waals surface area contributed by atoms with Crippen LogP contribution in [-0.4, -0.2) is 40.8 Å². The topological polar surface area (TPSA) is 69.7 Å². The van der Waals surface area contributed by atoms with Crippen molar-refractivity contribution in [1.82, 2.24) is 0 Å². The summed E-state index contributed by atoms with van der Waals surface area (Å²) in [6, 6.07) is 0. The van der Waals surface area contributed by atoms with Crippen molar-refractivity contribution in [3.05, 3.63) is 0 Å². The summed E-state index contributed by atoms with van der Waals surface area (Å²) in [5.74, 6) is -0.405. The highest BCUT2D eigenvalue weighted by atomic mass is 32.2. The van der Waals surface area contributed by atoms with Crippen LogP contribution < -0.4 is 0 Å². The van der Waals surface area contributed by atoms with Gasteiger partial charge in [-0.1, -0.05) is 0 Å². The first-order chi connectivity index (χ1) is 4.95. The monoisotopic (exact) mass is 182 g/mol. The van der Waals surface area contributed by atoms with E-state index in [1.54, 1.807) is 0 Å². The van der Waals surface area contributed by atoms with Crippen molar-refractivity contribution in [3.63, 3.8) is 0 Å². The molecule has 0 aliphatic heterocycles. The quantitative estimate of drug-likeness (QED) is 0.519. The molecule has 0 aliphatic rings. The zero-order valence-corrected chi connectivity index (χ0v) is 7.18. The van der Waals surface area contributed by atoms with Gasteiger partial charge in [-0.3, -0.25) is 8.98 Å². The molecular weight excluding hydrogens is 172 g/mol. The highest BCUT2D eigenvalue weighted by molar-refractivity contribution is 7.86. The van der Waals surface area contributed by atoms with Gasteiger partial charge < -0.3 is 4.74 Å². The fourth-order valence-electron chi connectivity index (χ4n) is 0.375. The van der Waals surface area contributed by atoms with Gasteiger partial charge in [0.1, 0.15) is 13.2 Å². The molecule has 0 unspecified atom stereocenters. The van der Waals surface area contributed by atoms with Crippen LogP contribution in [0.1, 0.15) is 0 Å². The molecule has 66 valence electrons. The van der Waals surface area contributed by atoms with Gasteiger partial charge in [0.25, 0.3) is 10.1 Å². The lowest BCUT2D eigenvalue weighted by molar-refractivity contribution is -0.124. The molecule has 0 radical (unpaired) electrons. The molecule has 0 saturated carbocycles. The van der Waals surface area contributed by atoms with Crippen LogP contribution in [0.25, 0.3) is 0 Å². The van der Waals surface area contributed by atoms with Crippen LogP contribution in [0.3, 0.4) is 0 Å². The Balaban J connectivity index is 3.64. The molecule has 0 spiro atoms. The molecule has 0 aromatic carbocycles. The number of Topliss-reactive ketones (excluding diaryl/α,β-unsaturated/α-hetero) is 1. The number of hydrogen-bond acceptors (Lipinski definition) is 5. The van der Waals surface area contributed by atoms with Gasteiger partial charge in [-0.2, -0.15) is 8.42 Å². The minimum atomic E-state index is -3.51. The summed E-state index contributed by atoms with van der Waals surface area (Å²) < 4.78 is 29.3. The lowest BCUT2D eigenvalue weighted by atomic mass is 10.5. The van der Waals surface area contributed by atoms with Gasteiger partial charge in [0.15, 0.2) is 5.78 Å². The molecular formula is C5H10O5S. The van der Waals surface area contributed by atoms with E-state index in [0.717, 1.165) is 6.26 Å². The normalized spacial score (nSPS) is 11.5. The van der Waals surface area contributed by atoms with E-state index in [2.05, 4.69) is 8.92 Å². The van der Waals surface area contributed by atoms with E-state index >= 15 is 0 Å². The maximum atomic E-state index is 10.6. The average molecular weight is 182 g/mol. The van der Waals surface area contributed by atoms with Crippen molar-refractivity contribution in [1.29, 1.82) is 0 Å². The van der Waals surface area contributed by atoms with Crippen molar-refractivity contribution in [2.75, 3.05) is 26.6 Å². The Morgan fingerprint density at radius 2 is 1.91 bits per heavy atom. The fraction of sp³-hybridized carbons (Fsp3) is 0.800. The number of methoxy groups -OCH3 is 1. The van der Waals surface area contributed by atoms with Gasteiger partial charge in [0, 0.05) is 7.11 Å². The van der Waals surface area contributed by atoms with E-state index in [9.17, 15) is 13.2 Å². The largest absolute Gasteiger partial charge is 0.377 e. The van der Waals surface area contributed by atoms with Crippen LogP contribution in [0.2, 0.25) is 0 Å². The number of carbonyl (C=O) groups excluding carboxylic acids is 1. The standard InChI is InChI=1S/C5H10O5S/c1-9-3-5(6)4-10-11(2,7)8/h3-4H2,1-2H3. The Bertz CT molecular complexity index is 217. The Kier molecular flexibility index (Phi) is 4.24. The van der Waals surface area contributed by atoms with Crippen LogP contribution in [0, 0.1) is 0 Å². The van der Waals surface area contributed by atoms with Gasteiger partial charge in [-0.15, -0.1) is 0 Å². The van der Waals surface area contributed by atoms with Crippen molar-refractivity contribution in [2.45, 2.75) is 0 Å². The second-order valence-electron chi connectivity index (χ2n) is 1.94. The Labute approximate surface area is 65.4 Å². The van der Waals surface area contributed by atoms with Gasteiger partial charge in [-0.25, -0.2) is 0 Å². The molecule has 0 amide bonds. The molecule has 0 rings (SSSR count). The number of ether oxygens (including phenoxy) is 1. The van der Waals surface area contributed by atoms with Crippen molar-refractivity contribution < 1.29 is 22.1 Å². The van der Waals surface area contributed by atoms with Gasteiger partial charge in [0.05, 0.1) is 6.26 Å². The summed E-state index contributed by atoms with van der Waals surface area (Å²) >= 11 is 0. The van der Waals surface area contributed by atoms with Crippen molar-refractivity contribution >= 4 is 15.9 Å². The molecule has 0 atom stereocenters. The summed E-state index contributed by atoms with van der Waals surface area (Å²) in [5, 5.41) is 0. The first-order valence-electron chi connectivity index (χ1n) is 2.81. The highest BCUT2D eigenvalue weighted by Gasteiger charge is 2.06. The van der Waals surface area contributed by atoms with Crippen molar-refractivity contribution in [2.24, 2.45) is 0 Å². The Morgan fingerprint density at radius 1 is 1.36 bits per heavy atom. The summed E-state index contributed by atoms with van der Waals surface area (Å²) in [4.78, 5) is 10.6. The minimum Gasteiger partial charge on any atom is -0.377 e. The predicted octanol–water partition coefficient (Wildman–Crippen LogP) is -0.822. The number of rotatable bonds is 5. The third-order valence-corrected chi connectivity index (χ3v) is 1.29. The zero-order chi connectivity index (χ0) is 8.91. The molecule has 0 fully saturated rings. The van der Waals surface area contributed by atoms with Crippen LogP contribution in [0.4, 0.5) is 0 Å². The fourth-order valence-corrected chi connectivity index (χ4v) is 0.721. The number of carbonyl (C=O) groups is 1. The molecule has 6 heteroatoms. The maximum absolute atomic E-state index is 10.6. The van der Waals surface area contributed by atoms with Crippen LogP contribution in [-0.2, 0) is 23.8 Å². The number of ketones is 1. The first-order valence-corrected chi connectivity index (χ1v) is 4.62. The lowest BCUT2D eigenvalue weighted by Crippen LogP contribution is -2.16. The maximum Gasteiger partial charge on any atom is 0.264 e. The summed E-state index contributed by atoms with van der Waals surface area (Å²) in [6.07, 6.45) is 0.882. The third-order valence-electron chi connectivity index (χ3n) is 0.739. The third kappa shape index (κ3) is 7.44. The van der Waals surface area contributed by atoms with Crippen LogP contribution in [0.15, 0.2) is 0 Å². The summed E-state index contributed by atoms with van der Waals surface area (Å²) in [7, 11) is -2.17. The smallest absolute Gasteiger partial charge is 0.264 e. The molecule has 0 bridgehead atoms. The molecule has 0 aromatic heterocycles. The van der Waals surface area contributed by atoms with E-state index in [1.165, 1.54) is 7.11 Å². The van der Waals surface area contributed by atoms with E-state index in [1.807, 2.05) is 0 Å². The van der Waals surface area contributed by atoms with Gasteiger partial charge >= 0.3 is 0 Å². The van der Waals surface area contributed by atoms with Crippen LogP contribution in [0.5, 0.6) is 0 Å². The average Bonchev–Trinajstić information content (AvgIpc) is 1.83. The molecule has 0 heterocycles. The summed E-state index contributed by atoms with van der Waals surface area (Å²) in [6.45, 7) is -0.581. The van der Waals surface area contributed by atoms with E-state index in [0.29, 0.717) is 0 Å². The second-order valence-corrected chi connectivity index (χ2v) is 3.58. The first kappa shape index (κ1) is 10.5. The lowest BCUT2D eigenvalue weighted by Gasteiger charge is -1.98. The summed E-state index contributed by atoms with van der Waals surface area (Å²) in [5.41, 5.74) is 0. The minimum absolute atomic E-state index is 0.129. The Hall–Kier alpha value is -0.460. The highest BCUT2D eigenvalue weighted by Crippen LogP contribution is 1.86. The zero-order valence-electron chi connectivity index (χ0n) is 6.36. The molecule has 0 aliphatic carbocycles. The molecule has 0 N–H and O–H groups in total. The van der Waals surface area contributed by atoms with Gasteiger partial charge in [-0.05, 0) is 0 Å². The van der Waals surface area contributed by atoms with E-state index in [-0.39, 0.29) is 6.61 Å². The van der Waals surface area contributed by atoms with Crippen LogP contribution >= 0.6 is 0 Å². The molecule has 0 saturated heterocycles. The molecule has 11 heavy (non-hydrogen) atoms. The Morgan fingerprint density at radius 3 is 2.27 bits per heavy atom. The van der Waals surface area contributed by atoms with E-state index < -0.39 is 22.5 Å². The predicted molar refractivity (Wildman–Crippen MR) is 37.7 cm³/mol. The molecule has 0 aromatic rings. The number of hydrogen-bond donors (Lipinski definition) is 0. The molecule has 5 nitrogen and oxygen atoms in total. The van der Waals surface area contributed by atoms with E-state index in [4.69, 9.17) is 0 Å².